The van der Waals surface area contributed by atoms with E-state index in [0.29, 0.717) is 0 Å². The van der Waals surface area contributed by atoms with E-state index in [1.165, 1.54) is 0 Å². The van der Waals surface area contributed by atoms with Crippen molar-refractivity contribution in [2.24, 2.45) is 0 Å². The molecule has 0 aliphatic carbocycles. The van der Waals surface area contributed by atoms with Crippen LogP contribution in [0.15, 0.2) is 48.8 Å². The van der Waals surface area contributed by atoms with Gasteiger partial charge in [-0.1, -0.05) is 30.4 Å². The van der Waals surface area contributed by atoms with Crippen LogP contribution in [0.3, 0.4) is 0 Å². The third-order valence-corrected chi connectivity index (χ3v) is 2.16. The van der Waals surface area contributed by atoms with E-state index in [9.17, 15) is 0 Å². The SMILES string of the molecule is Nc1ccccc1/C=C\c1ccncc1. The van der Waals surface area contributed by atoms with Crippen LogP contribution in [-0.2, 0) is 0 Å². The standard InChI is InChI=1S/C13H12N2/c14-13-4-2-1-3-12(13)6-5-11-7-9-15-10-8-11/h1-10H,14H2/b6-5-. The molecule has 0 radical (unpaired) electrons. The van der Waals surface area contributed by atoms with Crippen LogP contribution in [-0.4, -0.2) is 4.98 Å². The smallest absolute Gasteiger partial charge is 0.0387 e. The maximum atomic E-state index is 5.82. The fourth-order valence-electron chi connectivity index (χ4n) is 1.32. The number of benzene rings is 1. The summed E-state index contributed by atoms with van der Waals surface area (Å²) in [7, 11) is 0. The van der Waals surface area contributed by atoms with Gasteiger partial charge in [0.25, 0.3) is 0 Å². The first-order chi connectivity index (χ1) is 7.36. The Morgan fingerprint density at radius 1 is 0.933 bits per heavy atom. The van der Waals surface area contributed by atoms with Gasteiger partial charge in [-0.2, -0.15) is 0 Å². The normalized spacial score (nSPS) is 10.7. The summed E-state index contributed by atoms with van der Waals surface area (Å²) in [6.45, 7) is 0. The molecule has 2 aromatic rings. The molecule has 2 N–H and O–H groups in total. The molecule has 0 aliphatic rings. The van der Waals surface area contributed by atoms with Crippen molar-refractivity contribution in [1.82, 2.24) is 4.98 Å². The van der Waals surface area contributed by atoms with Crippen molar-refractivity contribution in [2.45, 2.75) is 0 Å². The van der Waals surface area contributed by atoms with Gasteiger partial charge in [0.05, 0.1) is 0 Å². The number of rotatable bonds is 2. The van der Waals surface area contributed by atoms with E-state index >= 15 is 0 Å². The Morgan fingerprint density at radius 2 is 1.67 bits per heavy atom. The lowest BCUT2D eigenvalue weighted by molar-refractivity contribution is 1.32. The molecule has 0 saturated carbocycles. The molecule has 74 valence electrons. The Hall–Kier alpha value is -2.09. The zero-order valence-corrected chi connectivity index (χ0v) is 8.30. The maximum Gasteiger partial charge on any atom is 0.0387 e. The third-order valence-electron chi connectivity index (χ3n) is 2.16. The molecule has 0 unspecified atom stereocenters. The van der Waals surface area contributed by atoms with Crippen LogP contribution in [0.25, 0.3) is 12.2 Å². The van der Waals surface area contributed by atoms with E-state index in [-0.39, 0.29) is 0 Å². The summed E-state index contributed by atoms with van der Waals surface area (Å²) in [6.07, 6.45) is 7.57. The Kier molecular flexibility index (Phi) is 2.79. The zero-order chi connectivity index (χ0) is 10.5. The lowest BCUT2D eigenvalue weighted by atomic mass is 10.1. The van der Waals surface area contributed by atoms with Crippen molar-refractivity contribution >= 4 is 17.8 Å². The van der Waals surface area contributed by atoms with Gasteiger partial charge in [-0.25, -0.2) is 0 Å². The predicted octanol–water partition coefficient (Wildman–Crippen LogP) is 2.83. The van der Waals surface area contributed by atoms with E-state index in [0.717, 1.165) is 16.8 Å². The van der Waals surface area contributed by atoms with Gasteiger partial charge in [0, 0.05) is 18.1 Å². The molecule has 2 rings (SSSR count). The van der Waals surface area contributed by atoms with Gasteiger partial charge in [-0.15, -0.1) is 0 Å². The van der Waals surface area contributed by atoms with Gasteiger partial charge in [-0.05, 0) is 29.3 Å². The zero-order valence-electron chi connectivity index (χ0n) is 8.30. The third kappa shape index (κ3) is 2.44. The van der Waals surface area contributed by atoms with Crippen LogP contribution in [0, 0.1) is 0 Å². The first kappa shape index (κ1) is 9.46. The number of nitrogens with two attached hydrogens (primary N) is 1. The Bertz CT molecular complexity index is 461. The van der Waals surface area contributed by atoms with Crippen molar-refractivity contribution in [3.05, 3.63) is 59.9 Å². The van der Waals surface area contributed by atoms with Crippen molar-refractivity contribution < 1.29 is 0 Å². The summed E-state index contributed by atoms with van der Waals surface area (Å²) in [5.41, 5.74) is 8.77. The molecule has 1 aromatic heterocycles. The van der Waals surface area contributed by atoms with Crippen molar-refractivity contribution in [1.29, 1.82) is 0 Å². The highest BCUT2D eigenvalue weighted by atomic mass is 14.6. The monoisotopic (exact) mass is 196 g/mol. The van der Waals surface area contributed by atoms with Gasteiger partial charge >= 0.3 is 0 Å². The molecule has 2 heteroatoms. The predicted molar refractivity (Wildman–Crippen MR) is 64.0 cm³/mol. The molecule has 1 aromatic carbocycles. The highest BCUT2D eigenvalue weighted by molar-refractivity contribution is 5.75. The number of para-hydroxylation sites is 1. The quantitative estimate of drug-likeness (QED) is 0.750. The topological polar surface area (TPSA) is 38.9 Å². The fraction of sp³-hybridized carbons (Fsp3) is 0. The van der Waals surface area contributed by atoms with Gasteiger partial charge in [0.2, 0.25) is 0 Å². The van der Waals surface area contributed by atoms with Crippen molar-refractivity contribution in [2.75, 3.05) is 5.73 Å². The molecule has 0 atom stereocenters. The average molecular weight is 196 g/mol. The minimum atomic E-state index is 0.794. The van der Waals surface area contributed by atoms with Crippen LogP contribution in [0.2, 0.25) is 0 Å². The lowest BCUT2D eigenvalue weighted by Crippen LogP contribution is -1.87. The largest absolute Gasteiger partial charge is 0.398 e. The second-order valence-corrected chi connectivity index (χ2v) is 3.24. The molecule has 0 fully saturated rings. The molecule has 15 heavy (non-hydrogen) atoms. The summed E-state index contributed by atoms with van der Waals surface area (Å²) < 4.78 is 0. The molecule has 1 heterocycles. The van der Waals surface area contributed by atoms with Crippen LogP contribution >= 0.6 is 0 Å². The maximum absolute atomic E-state index is 5.82. The van der Waals surface area contributed by atoms with Gasteiger partial charge in [-0.3, -0.25) is 4.98 Å². The van der Waals surface area contributed by atoms with E-state index in [2.05, 4.69) is 4.98 Å². The molecule has 0 bridgehead atoms. The molecule has 0 amide bonds. The molecule has 0 saturated heterocycles. The summed E-state index contributed by atoms with van der Waals surface area (Å²) in [5.74, 6) is 0. The number of anilines is 1. The van der Waals surface area contributed by atoms with E-state index in [1.54, 1.807) is 12.4 Å². The van der Waals surface area contributed by atoms with Crippen LogP contribution in [0.1, 0.15) is 11.1 Å². The van der Waals surface area contributed by atoms with Gasteiger partial charge in [0.15, 0.2) is 0 Å². The van der Waals surface area contributed by atoms with E-state index < -0.39 is 0 Å². The molecule has 0 spiro atoms. The second kappa shape index (κ2) is 4.42. The highest BCUT2D eigenvalue weighted by Gasteiger charge is 1.91. The van der Waals surface area contributed by atoms with Gasteiger partial charge in [0.1, 0.15) is 0 Å². The highest BCUT2D eigenvalue weighted by Crippen LogP contribution is 2.14. The summed E-state index contributed by atoms with van der Waals surface area (Å²) >= 11 is 0. The number of hydrogen-bond donors (Lipinski definition) is 1. The summed E-state index contributed by atoms with van der Waals surface area (Å²) in [6, 6.07) is 11.7. The Labute approximate surface area is 89.1 Å². The summed E-state index contributed by atoms with van der Waals surface area (Å²) in [4.78, 5) is 3.96. The minimum Gasteiger partial charge on any atom is -0.398 e. The van der Waals surface area contributed by atoms with E-state index in [1.807, 2.05) is 48.6 Å². The molecular weight excluding hydrogens is 184 g/mol. The Morgan fingerprint density at radius 3 is 2.40 bits per heavy atom. The molecular formula is C13H12N2. The molecule has 0 aliphatic heterocycles. The second-order valence-electron chi connectivity index (χ2n) is 3.24. The van der Waals surface area contributed by atoms with Crippen molar-refractivity contribution in [3.8, 4) is 0 Å². The van der Waals surface area contributed by atoms with Crippen LogP contribution < -0.4 is 5.73 Å². The first-order valence-electron chi connectivity index (χ1n) is 4.79. The number of nitrogen functional groups attached to an aromatic ring is 1. The lowest BCUT2D eigenvalue weighted by Gasteiger charge is -1.98. The minimum absolute atomic E-state index is 0.794. The first-order valence-corrected chi connectivity index (χ1v) is 4.79. The Balaban J connectivity index is 2.23. The van der Waals surface area contributed by atoms with Crippen LogP contribution in [0.4, 0.5) is 5.69 Å². The van der Waals surface area contributed by atoms with E-state index in [4.69, 9.17) is 5.73 Å². The summed E-state index contributed by atoms with van der Waals surface area (Å²) in [5, 5.41) is 0. The fourth-order valence-corrected chi connectivity index (χ4v) is 1.32. The van der Waals surface area contributed by atoms with Gasteiger partial charge < -0.3 is 5.73 Å². The number of pyridine rings is 1. The number of hydrogen-bond acceptors (Lipinski definition) is 2. The van der Waals surface area contributed by atoms with Crippen molar-refractivity contribution in [3.63, 3.8) is 0 Å². The average Bonchev–Trinajstić information content (AvgIpc) is 2.29. The van der Waals surface area contributed by atoms with Crippen LogP contribution in [0.5, 0.6) is 0 Å². The number of nitrogens with zero attached hydrogens (tertiary/aromatic N) is 1. The number of aromatic nitrogens is 1. The molecule has 2 nitrogen and oxygen atoms in total.